The lowest BCUT2D eigenvalue weighted by atomic mass is 10.1. The molecule has 0 spiro atoms. The maximum Gasteiger partial charge on any atom is 0.271 e. The maximum absolute atomic E-state index is 12.2. The number of amides is 1. The Balaban J connectivity index is 1.47. The number of carbonyl (C=O) groups excluding carboxylic acids is 1. The molecule has 0 saturated heterocycles. The first-order valence-corrected chi connectivity index (χ1v) is 10.9. The van der Waals surface area contributed by atoms with Crippen molar-refractivity contribution in [3.63, 3.8) is 0 Å². The van der Waals surface area contributed by atoms with Gasteiger partial charge in [0.05, 0.1) is 18.3 Å². The first-order valence-electron chi connectivity index (χ1n) is 10.1. The van der Waals surface area contributed by atoms with E-state index in [0.29, 0.717) is 39.3 Å². The smallest absolute Gasteiger partial charge is 0.271 e. The highest BCUT2D eigenvalue weighted by atomic mass is 35.5. The van der Waals surface area contributed by atoms with Crippen LogP contribution in [0.25, 0.3) is 10.8 Å². The van der Waals surface area contributed by atoms with E-state index in [1.165, 1.54) is 6.21 Å². The molecule has 33 heavy (non-hydrogen) atoms. The molecule has 0 aromatic heterocycles. The highest BCUT2D eigenvalue weighted by Crippen LogP contribution is 2.37. The summed E-state index contributed by atoms with van der Waals surface area (Å²) < 4.78 is 11.5. The van der Waals surface area contributed by atoms with Crippen molar-refractivity contribution in [2.75, 3.05) is 7.11 Å². The fourth-order valence-electron chi connectivity index (χ4n) is 3.35. The Kier molecular flexibility index (Phi) is 7.13. The lowest BCUT2D eigenvalue weighted by Crippen LogP contribution is -2.17. The molecule has 7 heteroatoms. The Morgan fingerprint density at radius 2 is 1.76 bits per heavy atom. The van der Waals surface area contributed by atoms with Crippen LogP contribution in [0, 0.1) is 0 Å². The van der Waals surface area contributed by atoms with E-state index in [4.69, 9.17) is 32.7 Å². The molecule has 4 aromatic carbocycles. The van der Waals surface area contributed by atoms with Gasteiger partial charge in [0.15, 0.2) is 11.5 Å². The summed E-state index contributed by atoms with van der Waals surface area (Å²) in [5, 5.41) is 7.20. The van der Waals surface area contributed by atoms with E-state index in [0.717, 1.165) is 16.3 Å². The van der Waals surface area contributed by atoms with Gasteiger partial charge in [0, 0.05) is 10.6 Å². The molecule has 5 nitrogen and oxygen atoms in total. The predicted octanol–water partition coefficient (Wildman–Crippen LogP) is 6.50. The predicted molar refractivity (Wildman–Crippen MR) is 133 cm³/mol. The summed E-state index contributed by atoms with van der Waals surface area (Å²) >= 11 is 12.3. The van der Waals surface area contributed by atoms with Gasteiger partial charge in [0.25, 0.3) is 5.91 Å². The van der Waals surface area contributed by atoms with Crippen molar-refractivity contribution in [1.82, 2.24) is 5.43 Å². The number of fused-ring (bicyclic) bond motifs is 1. The van der Waals surface area contributed by atoms with Crippen LogP contribution in [0.15, 0.2) is 84.0 Å². The highest BCUT2D eigenvalue weighted by molar-refractivity contribution is 6.32. The quantitative estimate of drug-likeness (QED) is 0.243. The van der Waals surface area contributed by atoms with E-state index < -0.39 is 0 Å². The number of hydrogen-bond donors (Lipinski definition) is 1. The second-order valence-corrected chi connectivity index (χ2v) is 8.01. The fourth-order valence-corrected chi connectivity index (χ4v) is 3.75. The number of halogens is 2. The van der Waals surface area contributed by atoms with E-state index >= 15 is 0 Å². The SMILES string of the molecule is COc1cc(/C=N\NC(=O)c2ccc(Cl)cc2)cc(Cl)c1OCc1cccc2ccccc12. The average molecular weight is 479 g/mol. The maximum atomic E-state index is 12.2. The van der Waals surface area contributed by atoms with Crippen LogP contribution in [-0.4, -0.2) is 19.2 Å². The Morgan fingerprint density at radius 3 is 2.55 bits per heavy atom. The van der Waals surface area contributed by atoms with E-state index in [-0.39, 0.29) is 5.91 Å². The fraction of sp³-hybridized carbons (Fsp3) is 0.0769. The molecule has 0 unspecified atom stereocenters. The van der Waals surface area contributed by atoms with Gasteiger partial charge in [-0.1, -0.05) is 65.7 Å². The number of benzene rings is 4. The number of methoxy groups -OCH3 is 1. The minimum Gasteiger partial charge on any atom is -0.493 e. The van der Waals surface area contributed by atoms with Gasteiger partial charge < -0.3 is 9.47 Å². The molecule has 0 fully saturated rings. The third-order valence-corrected chi connectivity index (χ3v) is 5.52. The summed E-state index contributed by atoms with van der Waals surface area (Å²) in [5.41, 5.74) is 4.61. The zero-order valence-electron chi connectivity index (χ0n) is 17.7. The first kappa shape index (κ1) is 22.6. The number of nitrogens with one attached hydrogen (secondary N) is 1. The van der Waals surface area contributed by atoms with Gasteiger partial charge in [-0.05, 0) is 58.3 Å². The summed E-state index contributed by atoms with van der Waals surface area (Å²) in [6.07, 6.45) is 1.48. The van der Waals surface area contributed by atoms with Crippen molar-refractivity contribution in [1.29, 1.82) is 0 Å². The topological polar surface area (TPSA) is 59.9 Å². The summed E-state index contributed by atoms with van der Waals surface area (Å²) in [4.78, 5) is 12.2. The van der Waals surface area contributed by atoms with Crippen molar-refractivity contribution < 1.29 is 14.3 Å². The van der Waals surface area contributed by atoms with Crippen LogP contribution in [0.1, 0.15) is 21.5 Å². The van der Waals surface area contributed by atoms with Crippen molar-refractivity contribution in [3.05, 3.63) is 106 Å². The molecule has 1 amide bonds. The first-order chi connectivity index (χ1) is 16.0. The lowest BCUT2D eigenvalue weighted by Gasteiger charge is -2.14. The molecular formula is C26H20Cl2N2O3. The Bertz CT molecular complexity index is 1320. The van der Waals surface area contributed by atoms with E-state index in [1.54, 1.807) is 43.5 Å². The van der Waals surface area contributed by atoms with Crippen molar-refractivity contribution >= 4 is 46.1 Å². The van der Waals surface area contributed by atoms with Crippen LogP contribution in [-0.2, 0) is 6.61 Å². The third-order valence-electron chi connectivity index (χ3n) is 4.99. The Labute approximate surface area is 201 Å². The largest absolute Gasteiger partial charge is 0.493 e. The molecule has 4 aromatic rings. The summed E-state index contributed by atoms with van der Waals surface area (Å²) in [6.45, 7) is 0.335. The monoisotopic (exact) mass is 478 g/mol. The molecule has 0 heterocycles. The molecular weight excluding hydrogens is 459 g/mol. The van der Waals surface area contributed by atoms with Gasteiger partial charge in [0.1, 0.15) is 6.61 Å². The minimum atomic E-state index is -0.351. The van der Waals surface area contributed by atoms with Gasteiger partial charge >= 0.3 is 0 Å². The number of hydrogen-bond acceptors (Lipinski definition) is 4. The second-order valence-electron chi connectivity index (χ2n) is 7.17. The zero-order chi connectivity index (χ0) is 23.2. The normalized spacial score (nSPS) is 11.0. The third kappa shape index (κ3) is 5.45. The van der Waals surface area contributed by atoms with Gasteiger partial charge in [0.2, 0.25) is 0 Å². The molecule has 166 valence electrons. The molecule has 0 atom stereocenters. The molecule has 0 saturated carbocycles. The number of carbonyl (C=O) groups is 1. The van der Waals surface area contributed by atoms with Crippen molar-refractivity contribution in [2.45, 2.75) is 6.61 Å². The van der Waals surface area contributed by atoms with Crippen LogP contribution in [0.3, 0.4) is 0 Å². The van der Waals surface area contributed by atoms with Gasteiger partial charge in [-0.25, -0.2) is 5.43 Å². The standard InChI is InChI=1S/C26H20Cl2N2O3/c1-32-24-14-17(15-29-30-26(31)19-9-11-21(27)12-10-19)13-23(28)25(24)33-16-20-7-4-6-18-5-2-3-8-22(18)20/h2-15H,16H2,1H3,(H,30,31)/b29-15-. The van der Waals surface area contributed by atoms with Crippen LogP contribution >= 0.6 is 23.2 Å². The molecule has 0 bridgehead atoms. The number of hydrazone groups is 1. The van der Waals surface area contributed by atoms with E-state index in [1.807, 2.05) is 24.3 Å². The summed E-state index contributed by atoms with van der Waals surface area (Å²) in [5.74, 6) is 0.554. The van der Waals surface area contributed by atoms with Crippen molar-refractivity contribution in [2.24, 2.45) is 5.10 Å². The van der Waals surface area contributed by atoms with Gasteiger partial charge in [-0.2, -0.15) is 5.10 Å². The van der Waals surface area contributed by atoms with E-state index in [2.05, 4.69) is 28.7 Å². The molecule has 0 radical (unpaired) electrons. The van der Waals surface area contributed by atoms with Crippen molar-refractivity contribution in [3.8, 4) is 11.5 Å². The average Bonchev–Trinajstić information content (AvgIpc) is 2.83. The van der Waals surface area contributed by atoms with Crippen LogP contribution in [0.2, 0.25) is 10.0 Å². The zero-order valence-corrected chi connectivity index (χ0v) is 19.2. The van der Waals surface area contributed by atoms with Gasteiger partial charge in [-0.3, -0.25) is 4.79 Å². The van der Waals surface area contributed by atoms with Crippen LogP contribution in [0.5, 0.6) is 11.5 Å². The molecule has 0 aliphatic carbocycles. The summed E-state index contributed by atoms with van der Waals surface area (Å²) in [7, 11) is 1.54. The van der Waals surface area contributed by atoms with E-state index in [9.17, 15) is 4.79 Å². The van der Waals surface area contributed by atoms with Crippen LogP contribution < -0.4 is 14.9 Å². The molecule has 1 N–H and O–H groups in total. The number of nitrogens with zero attached hydrogens (tertiary/aromatic N) is 1. The van der Waals surface area contributed by atoms with Crippen LogP contribution in [0.4, 0.5) is 0 Å². The van der Waals surface area contributed by atoms with Gasteiger partial charge in [-0.15, -0.1) is 0 Å². The Hall–Kier alpha value is -3.54. The molecule has 0 aliphatic rings. The molecule has 0 aliphatic heterocycles. The number of rotatable bonds is 7. The lowest BCUT2D eigenvalue weighted by molar-refractivity contribution is 0.0955. The second kappa shape index (κ2) is 10.4. The highest BCUT2D eigenvalue weighted by Gasteiger charge is 2.13. The minimum absolute atomic E-state index is 0.335. The molecule has 4 rings (SSSR count). The number of ether oxygens (including phenoxy) is 2. The Morgan fingerprint density at radius 1 is 1.00 bits per heavy atom. The summed E-state index contributed by atoms with van der Waals surface area (Å²) in [6, 6.07) is 24.2.